The van der Waals surface area contributed by atoms with Crippen molar-refractivity contribution < 1.29 is 9.90 Å². The number of hydrogen-bond acceptors (Lipinski definition) is 3. The molecule has 1 aromatic heterocycles. The molecule has 2 N–H and O–H groups in total. The third kappa shape index (κ3) is 2.26. The molecule has 0 aromatic carbocycles. The maximum absolute atomic E-state index is 10.2. The summed E-state index contributed by atoms with van der Waals surface area (Å²) in [5.41, 5.74) is 0. The summed E-state index contributed by atoms with van der Waals surface area (Å²) in [6.07, 6.45) is 1.77. The van der Waals surface area contributed by atoms with Gasteiger partial charge in [0.25, 0.3) is 0 Å². The minimum atomic E-state index is -0.801. The fraction of sp³-hybridized carbons (Fsp3) is 0.429. The first kappa shape index (κ1) is 8.58. The molecule has 1 rings (SSSR count). The Morgan fingerprint density at radius 3 is 3.08 bits per heavy atom. The third-order valence-corrected chi connectivity index (χ3v) is 1.47. The molecule has 1 aromatic rings. The monoisotopic (exact) mass is 169 g/mol. The second kappa shape index (κ2) is 3.75. The summed E-state index contributed by atoms with van der Waals surface area (Å²) < 4.78 is 1.65. The van der Waals surface area contributed by atoms with Crippen molar-refractivity contribution in [1.82, 2.24) is 9.78 Å². The highest BCUT2D eigenvalue weighted by molar-refractivity contribution is 5.67. The molecule has 1 heterocycles. The Morgan fingerprint density at radius 1 is 1.83 bits per heavy atom. The molecule has 0 aliphatic rings. The number of rotatable bonds is 4. The van der Waals surface area contributed by atoms with Gasteiger partial charge in [0.15, 0.2) is 0 Å². The van der Waals surface area contributed by atoms with Gasteiger partial charge in [-0.1, -0.05) is 0 Å². The minimum absolute atomic E-state index is 0.116. The van der Waals surface area contributed by atoms with Crippen LogP contribution in [0.15, 0.2) is 12.3 Å². The van der Waals surface area contributed by atoms with Crippen LogP contribution in [-0.4, -0.2) is 27.4 Å². The molecular formula is C7H11N3O2. The summed E-state index contributed by atoms with van der Waals surface area (Å²) >= 11 is 0. The molecule has 66 valence electrons. The molecule has 5 nitrogen and oxygen atoms in total. The van der Waals surface area contributed by atoms with Crippen LogP contribution in [0.2, 0.25) is 0 Å². The van der Waals surface area contributed by atoms with E-state index in [1.807, 2.05) is 0 Å². The van der Waals surface area contributed by atoms with E-state index in [9.17, 15) is 4.79 Å². The zero-order valence-electron chi connectivity index (χ0n) is 6.82. The van der Waals surface area contributed by atoms with Crippen molar-refractivity contribution in [3.63, 3.8) is 0 Å². The molecule has 12 heavy (non-hydrogen) atoms. The van der Waals surface area contributed by atoms with Gasteiger partial charge in [0, 0.05) is 19.7 Å². The van der Waals surface area contributed by atoms with E-state index in [1.54, 1.807) is 24.0 Å². The quantitative estimate of drug-likeness (QED) is 0.680. The van der Waals surface area contributed by atoms with Crippen LogP contribution in [0.5, 0.6) is 0 Å². The van der Waals surface area contributed by atoms with E-state index in [0.717, 1.165) is 5.82 Å². The van der Waals surface area contributed by atoms with Crippen LogP contribution in [0.25, 0.3) is 0 Å². The number of aromatic nitrogens is 2. The fourth-order valence-corrected chi connectivity index (χ4v) is 0.845. The fourth-order valence-electron chi connectivity index (χ4n) is 0.845. The van der Waals surface area contributed by atoms with Gasteiger partial charge in [-0.25, -0.2) is 0 Å². The van der Waals surface area contributed by atoms with E-state index in [0.29, 0.717) is 6.54 Å². The number of nitrogens with one attached hydrogen (secondary N) is 1. The summed E-state index contributed by atoms with van der Waals surface area (Å²) in [5.74, 6) is 0.0286. The highest BCUT2D eigenvalue weighted by Gasteiger charge is 1.98. The molecule has 0 unspecified atom stereocenters. The zero-order chi connectivity index (χ0) is 8.97. The Labute approximate surface area is 70.0 Å². The van der Waals surface area contributed by atoms with Gasteiger partial charge in [0.1, 0.15) is 5.82 Å². The Balaban J connectivity index is 2.33. The average Bonchev–Trinajstić information content (AvgIpc) is 2.36. The molecule has 0 bridgehead atoms. The van der Waals surface area contributed by atoms with E-state index >= 15 is 0 Å². The van der Waals surface area contributed by atoms with E-state index < -0.39 is 5.97 Å². The lowest BCUT2D eigenvalue weighted by atomic mass is 10.4. The molecule has 0 fully saturated rings. The number of aliphatic carboxylic acids is 1. The lowest BCUT2D eigenvalue weighted by Crippen LogP contribution is -2.10. The average molecular weight is 169 g/mol. The van der Waals surface area contributed by atoms with E-state index in [2.05, 4.69) is 10.4 Å². The first-order valence-corrected chi connectivity index (χ1v) is 3.64. The van der Waals surface area contributed by atoms with Crippen LogP contribution in [0, 0.1) is 0 Å². The van der Waals surface area contributed by atoms with Crippen molar-refractivity contribution in [2.75, 3.05) is 11.9 Å². The second-order valence-electron chi connectivity index (χ2n) is 2.41. The molecule has 0 saturated heterocycles. The highest BCUT2D eigenvalue weighted by Crippen LogP contribution is 2.02. The first-order valence-electron chi connectivity index (χ1n) is 3.64. The predicted molar refractivity (Wildman–Crippen MR) is 44.0 cm³/mol. The van der Waals surface area contributed by atoms with E-state index in [-0.39, 0.29) is 6.42 Å². The van der Waals surface area contributed by atoms with E-state index in [4.69, 9.17) is 5.11 Å². The number of carboxylic acids is 1. The molecule has 0 radical (unpaired) electrons. The number of anilines is 1. The Morgan fingerprint density at radius 2 is 2.58 bits per heavy atom. The summed E-state index contributed by atoms with van der Waals surface area (Å²) in [4.78, 5) is 10.2. The number of nitrogens with zero attached hydrogens (tertiary/aromatic N) is 2. The predicted octanol–water partition coefficient (Wildman–Crippen LogP) is 0.307. The summed E-state index contributed by atoms with van der Waals surface area (Å²) in [5, 5.41) is 15.2. The van der Waals surface area contributed by atoms with Crippen LogP contribution in [-0.2, 0) is 11.8 Å². The molecule has 0 aliphatic carbocycles. The zero-order valence-corrected chi connectivity index (χ0v) is 6.82. The first-order chi connectivity index (χ1) is 5.70. The SMILES string of the molecule is Cn1nccc1NCCC(=O)O. The standard InChI is InChI=1S/C7H11N3O2/c1-10-6(2-5-9-10)8-4-3-7(11)12/h2,5,8H,3-4H2,1H3,(H,11,12). The van der Waals surface area contributed by atoms with Gasteiger partial charge in [-0.3, -0.25) is 9.48 Å². The van der Waals surface area contributed by atoms with Crippen LogP contribution in [0.4, 0.5) is 5.82 Å². The van der Waals surface area contributed by atoms with Crippen molar-refractivity contribution in [2.24, 2.45) is 7.05 Å². The number of carbonyl (C=O) groups is 1. The molecule has 0 atom stereocenters. The minimum Gasteiger partial charge on any atom is -0.481 e. The van der Waals surface area contributed by atoms with Gasteiger partial charge in [-0.15, -0.1) is 0 Å². The molecule has 0 aliphatic heterocycles. The van der Waals surface area contributed by atoms with Crippen LogP contribution in [0.3, 0.4) is 0 Å². The van der Waals surface area contributed by atoms with Gasteiger partial charge in [0.2, 0.25) is 0 Å². The highest BCUT2D eigenvalue weighted by atomic mass is 16.4. The van der Waals surface area contributed by atoms with Gasteiger partial charge in [0.05, 0.1) is 12.6 Å². The third-order valence-electron chi connectivity index (χ3n) is 1.47. The molecule has 0 saturated carbocycles. The molecule has 5 heteroatoms. The van der Waals surface area contributed by atoms with Crippen molar-refractivity contribution in [3.8, 4) is 0 Å². The van der Waals surface area contributed by atoms with Crippen molar-refractivity contribution in [1.29, 1.82) is 0 Å². The summed E-state index contributed by atoms with van der Waals surface area (Å²) in [7, 11) is 1.79. The van der Waals surface area contributed by atoms with Crippen molar-refractivity contribution in [3.05, 3.63) is 12.3 Å². The van der Waals surface area contributed by atoms with Crippen LogP contribution < -0.4 is 5.32 Å². The van der Waals surface area contributed by atoms with Crippen LogP contribution in [0.1, 0.15) is 6.42 Å². The second-order valence-corrected chi connectivity index (χ2v) is 2.41. The normalized spacial score (nSPS) is 9.75. The van der Waals surface area contributed by atoms with Crippen molar-refractivity contribution in [2.45, 2.75) is 6.42 Å². The molecule has 0 amide bonds. The van der Waals surface area contributed by atoms with Gasteiger partial charge < -0.3 is 10.4 Å². The maximum Gasteiger partial charge on any atom is 0.305 e. The van der Waals surface area contributed by atoms with Crippen molar-refractivity contribution >= 4 is 11.8 Å². The van der Waals surface area contributed by atoms with Gasteiger partial charge in [-0.05, 0) is 0 Å². The van der Waals surface area contributed by atoms with Crippen LogP contribution >= 0.6 is 0 Å². The smallest absolute Gasteiger partial charge is 0.305 e. The van der Waals surface area contributed by atoms with E-state index in [1.165, 1.54) is 0 Å². The van der Waals surface area contributed by atoms with Gasteiger partial charge in [-0.2, -0.15) is 5.10 Å². The maximum atomic E-state index is 10.2. The Kier molecular flexibility index (Phi) is 2.68. The molecule has 0 spiro atoms. The number of hydrogen-bond donors (Lipinski definition) is 2. The lowest BCUT2D eigenvalue weighted by Gasteiger charge is -2.03. The number of carboxylic acid groups (broad SMARTS) is 1. The lowest BCUT2D eigenvalue weighted by molar-refractivity contribution is -0.136. The van der Waals surface area contributed by atoms with Gasteiger partial charge >= 0.3 is 5.97 Å². The number of aryl methyl sites for hydroxylation is 1. The topological polar surface area (TPSA) is 67.2 Å². The Bertz CT molecular complexity index is 269. The Hall–Kier alpha value is -1.52. The molecular weight excluding hydrogens is 158 g/mol. The largest absolute Gasteiger partial charge is 0.481 e. The summed E-state index contributed by atoms with van der Waals surface area (Å²) in [6.45, 7) is 0.425. The summed E-state index contributed by atoms with van der Waals surface area (Å²) in [6, 6.07) is 1.79.